The van der Waals surface area contributed by atoms with Crippen molar-refractivity contribution < 1.29 is 18.1 Å². The van der Waals surface area contributed by atoms with E-state index in [0.29, 0.717) is 0 Å². The van der Waals surface area contributed by atoms with Crippen LogP contribution in [0.3, 0.4) is 0 Å². The third kappa shape index (κ3) is 2.44. The molecule has 0 unspecified atom stereocenters. The molecule has 6 nitrogen and oxygen atoms in total. The van der Waals surface area contributed by atoms with Crippen LogP contribution < -0.4 is 0 Å². The van der Waals surface area contributed by atoms with Crippen molar-refractivity contribution in [1.82, 2.24) is 9.78 Å². The smallest absolute Gasteiger partial charge is 0.258 e. The summed E-state index contributed by atoms with van der Waals surface area (Å²) < 4.78 is 38.2. The Balaban J connectivity index is 2.51. The van der Waals surface area contributed by atoms with Crippen LogP contribution in [0.15, 0.2) is 30.5 Å². The molecule has 0 spiro atoms. The van der Waals surface area contributed by atoms with Gasteiger partial charge in [0.05, 0.1) is 16.2 Å². The molecule has 2 aromatic rings. The fourth-order valence-electron chi connectivity index (χ4n) is 1.54. The van der Waals surface area contributed by atoms with Crippen molar-refractivity contribution in [3.05, 3.63) is 51.8 Å². The van der Waals surface area contributed by atoms with Crippen LogP contribution in [-0.2, 0) is 6.18 Å². The SMILES string of the molecule is N#Cc1cc([N+](=O)[O-])ccc1-n1ccc(C(F)(F)F)n1. The molecule has 0 aliphatic rings. The first-order valence-corrected chi connectivity index (χ1v) is 5.14. The zero-order chi connectivity index (χ0) is 14.9. The number of nitro benzene ring substituents is 1. The summed E-state index contributed by atoms with van der Waals surface area (Å²) in [4.78, 5) is 9.88. The second-order valence-electron chi connectivity index (χ2n) is 3.71. The highest BCUT2D eigenvalue weighted by Crippen LogP contribution is 2.28. The molecule has 102 valence electrons. The zero-order valence-electron chi connectivity index (χ0n) is 9.63. The third-order valence-electron chi connectivity index (χ3n) is 2.44. The Hall–Kier alpha value is -2.89. The van der Waals surface area contributed by atoms with Gasteiger partial charge in [-0.3, -0.25) is 10.1 Å². The molecule has 0 saturated carbocycles. The highest BCUT2D eigenvalue weighted by atomic mass is 19.4. The molecule has 0 amide bonds. The molecule has 0 N–H and O–H groups in total. The second kappa shape index (κ2) is 4.65. The number of alkyl halides is 3. The van der Waals surface area contributed by atoms with Crippen LogP contribution >= 0.6 is 0 Å². The summed E-state index contributed by atoms with van der Waals surface area (Å²) in [6, 6.07) is 5.68. The standard InChI is InChI=1S/C11H5F3N4O2/c12-11(13,14)10-3-4-17(16-10)9-2-1-8(18(19)20)5-7(9)6-15/h1-5H. The van der Waals surface area contributed by atoms with Gasteiger partial charge in [0.15, 0.2) is 5.69 Å². The maximum absolute atomic E-state index is 12.4. The van der Waals surface area contributed by atoms with E-state index in [1.165, 1.54) is 6.07 Å². The van der Waals surface area contributed by atoms with Gasteiger partial charge >= 0.3 is 6.18 Å². The van der Waals surface area contributed by atoms with Crippen LogP contribution in [0.5, 0.6) is 0 Å². The molecule has 0 bridgehead atoms. The number of nitriles is 1. The van der Waals surface area contributed by atoms with Crippen LogP contribution in [0.4, 0.5) is 18.9 Å². The number of rotatable bonds is 2. The minimum atomic E-state index is -4.60. The zero-order valence-corrected chi connectivity index (χ0v) is 9.63. The maximum Gasteiger partial charge on any atom is 0.435 e. The Kier molecular flexibility index (Phi) is 3.15. The van der Waals surface area contributed by atoms with Crippen LogP contribution in [0, 0.1) is 21.4 Å². The van der Waals surface area contributed by atoms with Gasteiger partial charge in [0, 0.05) is 18.3 Å². The van der Waals surface area contributed by atoms with Gasteiger partial charge in [-0.25, -0.2) is 4.68 Å². The Bertz CT molecular complexity index is 715. The molecule has 0 aliphatic heterocycles. The first-order valence-electron chi connectivity index (χ1n) is 5.14. The minimum Gasteiger partial charge on any atom is -0.258 e. The van der Waals surface area contributed by atoms with E-state index in [0.717, 1.165) is 29.1 Å². The lowest BCUT2D eigenvalue weighted by molar-refractivity contribution is -0.384. The first-order chi connectivity index (χ1) is 9.32. The van der Waals surface area contributed by atoms with Crippen molar-refractivity contribution in [1.29, 1.82) is 5.26 Å². The average molecular weight is 282 g/mol. The normalized spacial score (nSPS) is 11.1. The summed E-state index contributed by atoms with van der Waals surface area (Å²) >= 11 is 0. The van der Waals surface area contributed by atoms with Gasteiger partial charge in [-0.1, -0.05) is 0 Å². The van der Waals surface area contributed by atoms with Crippen LogP contribution in [0.2, 0.25) is 0 Å². The first kappa shape index (κ1) is 13.5. The lowest BCUT2D eigenvalue weighted by Gasteiger charge is -2.04. The third-order valence-corrected chi connectivity index (χ3v) is 2.44. The number of benzene rings is 1. The van der Waals surface area contributed by atoms with Gasteiger partial charge in [-0.05, 0) is 12.1 Å². The van der Waals surface area contributed by atoms with Gasteiger partial charge in [0.1, 0.15) is 6.07 Å². The van der Waals surface area contributed by atoms with Gasteiger partial charge in [-0.2, -0.15) is 23.5 Å². The highest BCUT2D eigenvalue weighted by Gasteiger charge is 2.33. The highest BCUT2D eigenvalue weighted by molar-refractivity contribution is 5.54. The number of aromatic nitrogens is 2. The van der Waals surface area contributed by atoms with Crippen LogP contribution in [0.25, 0.3) is 5.69 Å². The van der Waals surface area contributed by atoms with E-state index in [1.807, 2.05) is 0 Å². The Morgan fingerprint density at radius 1 is 1.35 bits per heavy atom. The molecule has 9 heteroatoms. The van der Waals surface area contributed by atoms with Gasteiger partial charge in [0.2, 0.25) is 0 Å². The molecule has 0 saturated heterocycles. The molecule has 0 fully saturated rings. The topological polar surface area (TPSA) is 84.7 Å². The number of nitrogens with zero attached hydrogens (tertiary/aromatic N) is 4. The van der Waals surface area contributed by atoms with Gasteiger partial charge < -0.3 is 0 Å². The number of hydrogen-bond donors (Lipinski definition) is 0. The van der Waals surface area contributed by atoms with E-state index < -0.39 is 16.8 Å². The van der Waals surface area contributed by atoms with Crippen LogP contribution in [0.1, 0.15) is 11.3 Å². The van der Waals surface area contributed by atoms with Crippen molar-refractivity contribution in [3.63, 3.8) is 0 Å². The fraction of sp³-hybridized carbons (Fsp3) is 0.0909. The number of non-ortho nitro benzene ring substituents is 1. The summed E-state index contributed by atoms with van der Waals surface area (Å²) in [5.74, 6) is 0. The molecular weight excluding hydrogens is 277 g/mol. The summed E-state index contributed by atoms with van der Waals surface area (Å²) in [5, 5.41) is 22.8. The molecule has 20 heavy (non-hydrogen) atoms. The Labute approximate surface area is 109 Å². The quantitative estimate of drug-likeness (QED) is 0.626. The molecule has 1 aromatic carbocycles. The molecule has 1 aromatic heterocycles. The molecule has 2 rings (SSSR count). The van der Waals surface area contributed by atoms with Crippen LogP contribution in [-0.4, -0.2) is 14.7 Å². The van der Waals surface area contributed by atoms with E-state index >= 15 is 0 Å². The second-order valence-corrected chi connectivity index (χ2v) is 3.71. The van der Waals surface area contributed by atoms with E-state index in [-0.39, 0.29) is 16.9 Å². The number of nitro groups is 1. The Morgan fingerprint density at radius 3 is 2.55 bits per heavy atom. The fourth-order valence-corrected chi connectivity index (χ4v) is 1.54. The molecule has 0 radical (unpaired) electrons. The lowest BCUT2D eigenvalue weighted by Crippen LogP contribution is -2.07. The Morgan fingerprint density at radius 2 is 2.05 bits per heavy atom. The summed E-state index contributed by atoms with van der Waals surface area (Å²) in [7, 11) is 0. The summed E-state index contributed by atoms with van der Waals surface area (Å²) in [5.41, 5.74) is -1.54. The van der Waals surface area contributed by atoms with E-state index in [1.54, 1.807) is 6.07 Å². The number of halogens is 3. The molecule has 1 heterocycles. The average Bonchev–Trinajstić information content (AvgIpc) is 2.87. The largest absolute Gasteiger partial charge is 0.435 e. The van der Waals surface area contributed by atoms with Crippen molar-refractivity contribution in [2.24, 2.45) is 0 Å². The summed E-state index contributed by atoms with van der Waals surface area (Å²) in [6.07, 6.45) is -3.57. The minimum absolute atomic E-state index is 0.0357. The predicted octanol–water partition coefficient (Wildman–Crippen LogP) is 2.67. The summed E-state index contributed by atoms with van der Waals surface area (Å²) in [6.45, 7) is 0. The predicted molar refractivity (Wildman–Crippen MR) is 59.9 cm³/mol. The monoisotopic (exact) mass is 282 g/mol. The number of hydrogen-bond acceptors (Lipinski definition) is 4. The van der Waals surface area contributed by atoms with Crippen molar-refractivity contribution >= 4 is 5.69 Å². The lowest BCUT2D eigenvalue weighted by atomic mass is 10.2. The van der Waals surface area contributed by atoms with E-state index in [4.69, 9.17) is 5.26 Å². The maximum atomic E-state index is 12.4. The van der Waals surface area contributed by atoms with E-state index in [2.05, 4.69) is 5.10 Å². The van der Waals surface area contributed by atoms with Crippen molar-refractivity contribution in [2.45, 2.75) is 6.18 Å². The molecule has 0 atom stereocenters. The molecule has 0 aliphatic carbocycles. The van der Waals surface area contributed by atoms with Crippen molar-refractivity contribution in [2.75, 3.05) is 0 Å². The molecular formula is C11H5F3N4O2. The van der Waals surface area contributed by atoms with Crippen molar-refractivity contribution in [3.8, 4) is 11.8 Å². The van der Waals surface area contributed by atoms with Gasteiger partial charge in [-0.15, -0.1) is 0 Å². The van der Waals surface area contributed by atoms with E-state index in [9.17, 15) is 23.3 Å². The van der Waals surface area contributed by atoms with Gasteiger partial charge in [0.25, 0.3) is 5.69 Å².